The van der Waals surface area contributed by atoms with Gasteiger partial charge in [-0.25, -0.2) is 4.98 Å². The van der Waals surface area contributed by atoms with Gasteiger partial charge in [-0.15, -0.1) is 0 Å². The van der Waals surface area contributed by atoms with Gasteiger partial charge in [-0.2, -0.15) is 0 Å². The third-order valence-corrected chi connectivity index (χ3v) is 5.63. The molecular formula is C23H32N4O2. The van der Waals surface area contributed by atoms with E-state index in [-0.39, 0.29) is 11.8 Å². The average molecular weight is 397 g/mol. The zero-order valence-electron chi connectivity index (χ0n) is 18.3. The van der Waals surface area contributed by atoms with Gasteiger partial charge in [-0.3, -0.25) is 9.59 Å². The van der Waals surface area contributed by atoms with E-state index in [2.05, 4.69) is 29.4 Å². The van der Waals surface area contributed by atoms with Crippen molar-refractivity contribution in [1.29, 1.82) is 0 Å². The van der Waals surface area contributed by atoms with Crippen molar-refractivity contribution >= 4 is 17.5 Å². The number of imidazole rings is 1. The standard InChI is InChI=1S/C23H32N4O2/c1-6-7-11-26(5)23(29)21-24-20(18-10-8-9-12-27(18)21)22(28)25-19-16(3)13-15(2)14-17(19)4/h13-14H,6-12H2,1-5H3,(H,25,28). The number of hydrogen-bond acceptors (Lipinski definition) is 3. The summed E-state index contributed by atoms with van der Waals surface area (Å²) in [6.45, 7) is 9.57. The lowest BCUT2D eigenvalue weighted by atomic mass is 10.0. The minimum Gasteiger partial charge on any atom is -0.339 e. The molecule has 3 rings (SSSR count). The fourth-order valence-electron chi connectivity index (χ4n) is 4.11. The second kappa shape index (κ2) is 8.80. The maximum Gasteiger partial charge on any atom is 0.289 e. The van der Waals surface area contributed by atoms with Crippen molar-refractivity contribution in [3.05, 3.63) is 46.0 Å². The fourth-order valence-corrected chi connectivity index (χ4v) is 4.11. The van der Waals surface area contributed by atoms with E-state index < -0.39 is 0 Å². The molecule has 1 aliphatic heterocycles. The summed E-state index contributed by atoms with van der Waals surface area (Å²) in [7, 11) is 1.81. The monoisotopic (exact) mass is 396 g/mol. The first-order valence-electron chi connectivity index (χ1n) is 10.6. The van der Waals surface area contributed by atoms with Crippen LogP contribution in [0.4, 0.5) is 5.69 Å². The Morgan fingerprint density at radius 1 is 1.17 bits per heavy atom. The lowest BCUT2D eigenvalue weighted by molar-refractivity contribution is 0.0775. The summed E-state index contributed by atoms with van der Waals surface area (Å²) in [5.41, 5.74) is 5.31. The van der Waals surface area contributed by atoms with Gasteiger partial charge >= 0.3 is 0 Å². The molecule has 29 heavy (non-hydrogen) atoms. The highest BCUT2D eigenvalue weighted by atomic mass is 16.2. The average Bonchev–Trinajstić information content (AvgIpc) is 3.08. The molecule has 0 bridgehead atoms. The van der Waals surface area contributed by atoms with Gasteiger partial charge < -0.3 is 14.8 Å². The van der Waals surface area contributed by atoms with Gasteiger partial charge in [-0.1, -0.05) is 31.0 Å². The highest BCUT2D eigenvalue weighted by Crippen LogP contribution is 2.26. The van der Waals surface area contributed by atoms with Gasteiger partial charge in [-0.05, 0) is 57.6 Å². The minimum absolute atomic E-state index is 0.108. The smallest absolute Gasteiger partial charge is 0.289 e. The molecule has 1 N–H and O–H groups in total. The number of hydrogen-bond donors (Lipinski definition) is 1. The number of amides is 2. The van der Waals surface area contributed by atoms with Crippen LogP contribution in [-0.4, -0.2) is 39.9 Å². The molecule has 156 valence electrons. The van der Waals surface area contributed by atoms with Crippen molar-refractivity contribution in [1.82, 2.24) is 14.5 Å². The number of nitrogens with one attached hydrogen (secondary N) is 1. The molecular weight excluding hydrogens is 364 g/mol. The van der Waals surface area contributed by atoms with Crippen LogP contribution in [0, 0.1) is 20.8 Å². The van der Waals surface area contributed by atoms with Gasteiger partial charge in [0, 0.05) is 25.8 Å². The summed E-state index contributed by atoms with van der Waals surface area (Å²) >= 11 is 0. The lowest BCUT2D eigenvalue weighted by Crippen LogP contribution is -2.31. The molecule has 0 saturated carbocycles. The zero-order valence-corrected chi connectivity index (χ0v) is 18.3. The highest BCUT2D eigenvalue weighted by molar-refractivity contribution is 6.05. The molecule has 0 atom stereocenters. The van der Waals surface area contributed by atoms with Gasteiger partial charge in [0.25, 0.3) is 11.8 Å². The third kappa shape index (κ3) is 4.36. The molecule has 1 aliphatic rings. The fraction of sp³-hybridized carbons (Fsp3) is 0.522. The SMILES string of the molecule is CCCCN(C)C(=O)c1nc(C(=O)Nc2c(C)cc(C)cc2C)c2n1CCCC2. The van der Waals surface area contributed by atoms with Gasteiger partial charge in [0.1, 0.15) is 0 Å². The van der Waals surface area contributed by atoms with Crippen molar-refractivity contribution in [3.63, 3.8) is 0 Å². The Bertz CT molecular complexity index is 906. The van der Waals surface area contributed by atoms with Crippen molar-refractivity contribution in [3.8, 4) is 0 Å². The summed E-state index contributed by atoms with van der Waals surface area (Å²) in [6, 6.07) is 4.12. The normalized spacial score (nSPS) is 13.1. The van der Waals surface area contributed by atoms with Crippen molar-refractivity contribution in [2.24, 2.45) is 0 Å². The Morgan fingerprint density at radius 3 is 2.52 bits per heavy atom. The molecule has 2 aromatic rings. The van der Waals surface area contributed by atoms with Crippen molar-refractivity contribution in [2.75, 3.05) is 18.9 Å². The number of aryl methyl sites for hydroxylation is 3. The summed E-state index contributed by atoms with van der Waals surface area (Å²) in [4.78, 5) is 32.4. The number of aromatic nitrogens is 2. The number of benzene rings is 1. The van der Waals surface area contributed by atoms with Crippen LogP contribution in [0.5, 0.6) is 0 Å². The summed E-state index contributed by atoms with van der Waals surface area (Å²) in [6.07, 6.45) is 4.76. The summed E-state index contributed by atoms with van der Waals surface area (Å²) in [5.74, 6) is 0.0464. The van der Waals surface area contributed by atoms with E-state index in [4.69, 9.17) is 0 Å². The van der Waals surface area contributed by atoms with Crippen LogP contribution < -0.4 is 5.32 Å². The molecule has 1 aromatic heterocycles. The molecule has 2 heterocycles. The van der Waals surface area contributed by atoms with Crippen LogP contribution in [0.3, 0.4) is 0 Å². The molecule has 0 unspecified atom stereocenters. The molecule has 0 spiro atoms. The van der Waals surface area contributed by atoms with E-state index in [1.165, 1.54) is 5.56 Å². The molecule has 0 saturated heterocycles. The molecule has 0 radical (unpaired) electrons. The van der Waals surface area contributed by atoms with Crippen LogP contribution in [0.2, 0.25) is 0 Å². The molecule has 0 fully saturated rings. The predicted octanol–water partition coefficient (Wildman–Crippen LogP) is 4.27. The first-order chi connectivity index (χ1) is 13.8. The quantitative estimate of drug-likeness (QED) is 0.793. The van der Waals surface area contributed by atoms with Gasteiger partial charge in [0.2, 0.25) is 0 Å². The number of carbonyl (C=O) groups excluding carboxylic acids is 2. The lowest BCUT2D eigenvalue weighted by Gasteiger charge is -2.20. The molecule has 6 heteroatoms. The van der Waals surface area contributed by atoms with Gasteiger partial charge in [0.05, 0.1) is 5.69 Å². The predicted molar refractivity (Wildman–Crippen MR) is 116 cm³/mol. The number of fused-ring (bicyclic) bond motifs is 1. The number of anilines is 1. The van der Waals surface area contributed by atoms with Crippen molar-refractivity contribution in [2.45, 2.75) is 66.3 Å². The molecule has 0 aliphatic carbocycles. The number of rotatable bonds is 6. The van der Waals surface area contributed by atoms with Crippen LogP contribution in [0.1, 0.15) is 76.1 Å². The van der Waals surface area contributed by atoms with Crippen molar-refractivity contribution < 1.29 is 9.59 Å². The van der Waals surface area contributed by atoms with E-state index in [0.29, 0.717) is 18.1 Å². The Hall–Kier alpha value is -2.63. The summed E-state index contributed by atoms with van der Waals surface area (Å²) in [5, 5.41) is 3.05. The molecule has 2 amide bonds. The van der Waals surface area contributed by atoms with E-state index in [0.717, 1.165) is 61.2 Å². The van der Waals surface area contributed by atoms with Gasteiger partial charge in [0.15, 0.2) is 11.5 Å². The second-order valence-electron chi connectivity index (χ2n) is 8.15. The van der Waals surface area contributed by atoms with Crippen LogP contribution in [-0.2, 0) is 13.0 Å². The molecule has 6 nitrogen and oxygen atoms in total. The van der Waals surface area contributed by atoms with E-state index in [1.807, 2.05) is 25.3 Å². The van der Waals surface area contributed by atoms with E-state index in [9.17, 15) is 9.59 Å². The Balaban J connectivity index is 1.93. The molecule has 1 aromatic carbocycles. The third-order valence-electron chi connectivity index (χ3n) is 5.63. The Kier molecular flexibility index (Phi) is 6.40. The van der Waals surface area contributed by atoms with Crippen LogP contribution in [0.25, 0.3) is 0 Å². The zero-order chi connectivity index (χ0) is 21.1. The minimum atomic E-state index is -0.235. The van der Waals surface area contributed by atoms with E-state index >= 15 is 0 Å². The van der Waals surface area contributed by atoms with E-state index in [1.54, 1.807) is 11.9 Å². The summed E-state index contributed by atoms with van der Waals surface area (Å²) < 4.78 is 1.96. The largest absolute Gasteiger partial charge is 0.339 e. The van der Waals surface area contributed by atoms with Crippen LogP contribution in [0.15, 0.2) is 12.1 Å². The first-order valence-corrected chi connectivity index (χ1v) is 10.6. The number of nitrogens with zero attached hydrogens (tertiary/aromatic N) is 3. The second-order valence-corrected chi connectivity index (χ2v) is 8.15. The maximum atomic E-state index is 13.1. The Morgan fingerprint density at radius 2 is 1.86 bits per heavy atom. The number of carbonyl (C=O) groups is 2. The maximum absolute atomic E-state index is 13.1. The highest BCUT2D eigenvalue weighted by Gasteiger charge is 2.29. The topological polar surface area (TPSA) is 67.2 Å². The number of unbranched alkanes of at least 4 members (excludes halogenated alkanes) is 1. The van der Waals surface area contributed by atoms with Crippen LogP contribution >= 0.6 is 0 Å². The Labute approximate surface area is 173 Å². The first kappa shape index (κ1) is 21.1.